The van der Waals surface area contributed by atoms with Crippen LogP contribution in [0.2, 0.25) is 5.02 Å². The normalized spacial score (nSPS) is 11.7. The third-order valence-corrected chi connectivity index (χ3v) is 8.25. The quantitative estimate of drug-likeness (QED) is 0.304. The first-order valence-electron chi connectivity index (χ1n) is 10.6. The fourth-order valence-electron chi connectivity index (χ4n) is 3.63. The number of sulfone groups is 1. The van der Waals surface area contributed by atoms with E-state index in [0.29, 0.717) is 46.5 Å². The molecule has 0 unspecified atom stereocenters. The summed E-state index contributed by atoms with van der Waals surface area (Å²) in [6, 6.07) is 16.4. The van der Waals surface area contributed by atoms with E-state index in [0.717, 1.165) is 26.8 Å². The van der Waals surface area contributed by atoms with Crippen LogP contribution in [0, 0.1) is 0 Å². The Labute approximate surface area is 207 Å². The Morgan fingerprint density at radius 1 is 1.06 bits per heavy atom. The maximum atomic E-state index is 12.8. The van der Waals surface area contributed by atoms with E-state index >= 15 is 0 Å². The van der Waals surface area contributed by atoms with Gasteiger partial charge in [0.25, 0.3) is 0 Å². The Hall–Kier alpha value is -2.78. The van der Waals surface area contributed by atoms with Gasteiger partial charge in [0.2, 0.25) is 0 Å². The van der Waals surface area contributed by atoms with Gasteiger partial charge in [0.15, 0.2) is 15.6 Å². The minimum absolute atomic E-state index is 0.0591. The van der Waals surface area contributed by atoms with Crippen LogP contribution in [-0.2, 0) is 29.3 Å². The second kappa shape index (κ2) is 10.2. The van der Waals surface area contributed by atoms with E-state index in [1.807, 2.05) is 24.3 Å². The van der Waals surface area contributed by atoms with Gasteiger partial charge >= 0.3 is 0 Å². The number of aryl methyl sites for hydroxylation is 1. The Kier molecular flexibility index (Phi) is 7.33. The summed E-state index contributed by atoms with van der Waals surface area (Å²) in [5, 5.41) is 5.79. The third kappa shape index (κ3) is 5.82. The molecule has 0 spiro atoms. The number of carbonyl (C=O) groups excluding carboxylic acids is 1. The number of nitrogen functional groups attached to an aromatic ring is 1. The van der Waals surface area contributed by atoms with E-state index in [1.54, 1.807) is 36.5 Å². The Balaban J connectivity index is 1.32. The number of anilines is 1. The van der Waals surface area contributed by atoms with Gasteiger partial charge in [-0.15, -0.1) is 11.3 Å². The second-order valence-electron chi connectivity index (χ2n) is 8.08. The molecule has 0 fully saturated rings. The summed E-state index contributed by atoms with van der Waals surface area (Å²) >= 11 is 7.77. The fraction of sp³-hybridized carbons (Fsp3) is 0.200. The molecular formula is C25H24ClN3O3S2. The number of pyridine rings is 1. The minimum atomic E-state index is -3.20. The number of nitrogens with one attached hydrogen (secondary N) is 1. The summed E-state index contributed by atoms with van der Waals surface area (Å²) < 4.78 is 23.1. The lowest BCUT2D eigenvalue weighted by molar-refractivity contribution is 0.0986. The molecule has 4 aromatic rings. The van der Waals surface area contributed by atoms with Gasteiger partial charge in [-0.05, 0) is 47.2 Å². The molecule has 3 N–H and O–H groups in total. The number of aromatic nitrogens is 1. The lowest BCUT2D eigenvalue weighted by atomic mass is 10.0. The maximum Gasteiger partial charge on any atom is 0.175 e. The van der Waals surface area contributed by atoms with Crippen LogP contribution in [0.5, 0.6) is 0 Å². The van der Waals surface area contributed by atoms with Gasteiger partial charge in [0.05, 0.1) is 14.8 Å². The molecule has 0 aliphatic rings. The predicted octanol–water partition coefficient (Wildman–Crippen LogP) is 5.04. The van der Waals surface area contributed by atoms with Gasteiger partial charge in [0.1, 0.15) is 5.82 Å². The smallest absolute Gasteiger partial charge is 0.175 e. The van der Waals surface area contributed by atoms with Gasteiger partial charge in [-0.2, -0.15) is 0 Å². The highest BCUT2D eigenvalue weighted by molar-refractivity contribution is 7.90. The average Bonchev–Trinajstić information content (AvgIpc) is 3.18. The first-order chi connectivity index (χ1) is 16.2. The van der Waals surface area contributed by atoms with Crippen LogP contribution < -0.4 is 11.1 Å². The lowest BCUT2D eigenvalue weighted by Crippen LogP contribution is -2.12. The van der Waals surface area contributed by atoms with E-state index in [4.69, 9.17) is 17.3 Å². The Morgan fingerprint density at radius 3 is 2.53 bits per heavy atom. The molecule has 0 radical (unpaired) electrons. The number of ketones is 1. The summed E-state index contributed by atoms with van der Waals surface area (Å²) in [6.07, 6.45) is 3.89. The zero-order valence-electron chi connectivity index (χ0n) is 18.5. The predicted molar refractivity (Wildman–Crippen MR) is 138 cm³/mol. The van der Waals surface area contributed by atoms with Crippen LogP contribution in [0.4, 0.5) is 5.82 Å². The van der Waals surface area contributed by atoms with Crippen LogP contribution in [-0.4, -0.2) is 25.4 Å². The zero-order chi connectivity index (χ0) is 24.3. The number of halogens is 1. The van der Waals surface area contributed by atoms with Gasteiger partial charge in [-0.25, -0.2) is 13.4 Å². The third-order valence-electron chi connectivity index (χ3n) is 5.50. The molecule has 0 saturated carbocycles. The van der Waals surface area contributed by atoms with Crippen molar-refractivity contribution < 1.29 is 13.2 Å². The molecular weight excluding hydrogens is 490 g/mol. The molecule has 0 saturated heterocycles. The van der Waals surface area contributed by atoms with Crippen LogP contribution in [0.15, 0.2) is 65.7 Å². The van der Waals surface area contributed by atoms with Crippen molar-refractivity contribution in [3.8, 4) is 0 Å². The van der Waals surface area contributed by atoms with E-state index < -0.39 is 9.84 Å². The SMILES string of the molecule is CS(=O)(=O)c1ccc(CNCc2sc(C(=O)CCc3ccc4c(N)nccc4c3)cc2Cl)cc1. The summed E-state index contributed by atoms with van der Waals surface area (Å²) in [5.41, 5.74) is 7.94. The molecule has 2 aromatic heterocycles. The van der Waals surface area contributed by atoms with E-state index in [-0.39, 0.29) is 5.78 Å². The molecule has 0 atom stereocenters. The van der Waals surface area contributed by atoms with Crippen molar-refractivity contribution in [2.75, 3.05) is 12.0 Å². The van der Waals surface area contributed by atoms with Crippen LogP contribution in [0.1, 0.15) is 32.1 Å². The van der Waals surface area contributed by atoms with E-state index in [1.165, 1.54) is 17.6 Å². The van der Waals surface area contributed by atoms with Crippen molar-refractivity contribution in [3.63, 3.8) is 0 Å². The highest BCUT2D eigenvalue weighted by atomic mass is 35.5. The number of thiophene rings is 1. The maximum absolute atomic E-state index is 12.8. The largest absolute Gasteiger partial charge is 0.383 e. The molecule has 9 heteroatoms. The Bertz CT molecular complexity index is 1450. The number of hydrogen-bond acceptors (Lipinski definition) is 7. The molecule has 6 nitrogen and oxygen atoms in total. The topological polar surface area (TPSA) is 102 Å². The summed E-state index contributed by atoms with van der Waals surface area (Å²) in [6.45, 7) is 1.08. The first kappa shape index (κ1) is 24.3. The molecule has 176 valence electrons. The average molecular weight is 514 g/mol. The number of Topliss-reactive ketones (excluding diaryl/α,β-unsaturated/α-hetero) is 1. The number of carbonyl (C=O) groups is 1. The van der Waals surface area contributed by atoms with Crippen molar-refractivity contribution in [2.45, 2.75) is 30.8 Å². The number of hydrogen-bond donors (Lipinski definition) is 2. The molecule has 0 bridgehead atoms. The number of rotatable bonds is 9. The Morgan fingerprint density at radius 2 is 1.79 bits per heavy atom. The van der Waals surface area contributed by atoms with Crippen molar-refractivity contribution in [1.82, 2.24) is 10.3 Å². The van der Waals surface area contributed by atoms with E-state index in [9.17, 15) is 13.2 Å². The number of fused-ring (bicyclic) bond motifs is 1. The number of nitrogens with two attached hydrogens (primary N) is 1. The monoisotopic (exact) mass is 513 g/mol. The summed E-state index contributed by atoms with van der Waals surface area (Å²) in [5.74, 6) is 0.560. The lowest BCUT2D eigenvalue weighted by Gasteiger charge is -2.05. The molecule has 0 aliphatic carbocycles. The van der Waals surface area contributed by atoms with Crippen molar-refractivity contribution >= 4 is 55.1 Å². The second-order valence-corrected chi connectivity index (χ2v) is 11.6. The molecule has 34 heavy (non-hydrogen) atoms. The minimum Gasteiger partial charge on any atom is -0.383 e. The number of benzene rings is 2. The zero-order valence-corrected chi connectivity index (χ0v) is 20.9. The highest BCUT2D eigenvalue weighted by Gasteiger charge is 2.14. The van der Waals surface area contributed by atoms with Gasteiger partial charge in [0, 0.05) is 42.2 Å². The van der Waals surface area contributed by atoms with Crippen LogP contribution in [0.3, 0.4) is 0 Å². The fourth-order valence-corrected chi connectivity index (χ4v) is 5.60. The number of nitrogens with zero attached hydrogens (tertiary/aromatic N) is 1. The summed E-state index contributed by atoms with van der Waals surface area (Å²) in [7, 11) is -3.20. The van der Waals surface area contributed by atoms with Crippen molar-refractivity contribution in [1.29, 1.82) is 0 Å². The van der Waals surface area contributed by atoms with Crippen molar-refractivity contribution in [2.24, 2.45) is 0 Å². The molecule has 0 amide bonds. The van der Waals surface area contributed by atoms with E-state index in [2.05, 4.69) is 10.3 Å². The molecule has 4 rings (SSSR count). The van der Waals surface area contributed by atoms with Crippen molar-refractivity contribution in [3.05, 3.63) is 86.7 Å². The van der Waals surface area contributed by atoms with Crippen LogP contribution >= 0.6 is 22.9 Å². The first-order valence-corrected chi connectivity index (χ1v) is 13.7. The summed E-state index contributed by atoms with van der Waals surface area (Å²) in [4.78, 5) is 18.7. The molecule has 2 aromatic carbocycles. The van der Waals surface area contributed by atoms with Crippen LogP contribution in [0.25, 0.3) is 10.8 Å². The highest BCUT2D eigenvalue weighted by Crippen LogP contribution is 2.29. The molecule has 0 aliphatic heterocycles. The standard InChI is InChI=1S/C25H24ClN3O3S2/c1-34(31,32)19-6-2-17(3-7-19)14-28-15-24-21(26)13-23(33-24)22(30)9-5-16-4-8-20-18(12-16)10-11-29-25(20)27/h2-4,6-8,10-13,28H,5,9,14-15H2,1H3,(H2,27,29). The van der Waals surface area contributed by atoms with Gasteiger partial charge in [-0.1, -0.05) is 41.9 Å². The molecule has 2 heterocycles. The van der Waals surface area contributed by atoms with Gasteiger partial charge in [-0.3, -0.25) is 4.79 Å². The van der Waals surface area contributed by atoms with Gasteiger partial charge < -0.3 is 11.1 Å².